The van der Waals surface area contributed by atoms with E-state index in [-0.39, 0.29) is 30.1 Å². The van der Waals surface area contributed by atoms with E-state index in [4.69, 9.17) is 0 Å². The Morgan fingerprint density at radius 3 is 2.89 bits per heavy atom. The summed E-state index contributed by atoms with van der Waals surface area (Å²) in [5.74, 6) is 0.917. The van der Waals surface area contributed by atoms with Gasteiger partial charge in [0.2, 0.25) is 0 Å². The molecule has 108 valence electrons. The van der Waals surface area contributed by atoms with Crippen LogP contribution in [0.4, 0.5) is 0 Å². The molecule has 0 bridgehead atoms. The molecular formula is C13H22IN3OS. The molecule has 2 heterocycles. The Morgan fingerprint density at radius 2 is 2.37 bits per heavy atom. The molecule has 0 spiro atoms. The van der Waals surface area contributed by atoms with Crippen molar-refractivity contribution < 1.29 is 5.11 Å². The first kappa shape index (κ1) is 16.7. The van der Waals surface area contributed by atoms with Crippen LogP contribution in [-0.2, 0) is 6.54 Å². The highest BCUT2D eigenvalue weighted by molar-refractivity contribution is 14.0. The fourth-order valence-corrected chi connectivity index (χ4v) is 2.90. The standard InChI is InChI=1S/C13H21N3OS.HI/c1-3-14-13(16-7-6-11(17)9-16)15-8-12-5-4-10(2)18-12;/h4-5,11,17H,3,6-9H2,1-2H3,(H,14,15);1H/t11-;/m1./s1. The van der Waals surface area contributed by atoms with Crippen molar-refractivity contribution in [1.29, 1.82) is 0 Å². The number of β-amino-alcohol motifs (C(OH)–C–C–N with tert-alkyl or cyclic N) is 1. The van der Waals surface area contributed by atoms with Crippen LogP contribution in [0, 0.1) is 6.92 Å². The van der Waals surface area contributed by atoms with E-state index in [0.29, 0.717) is 13.1 Å². The van der Waals surface area contributed by atoms with Crippen LogP contribution in [0.2, 0.25) is 0 Å². The van der Waals surface area contributed by atoms with Crippen molar-refractivity contribution in [1.82, 2.24) is 10.2 Å². The molecular weight excluding hydrogens is 373 g/mol. The van der Waals surface area contributed by atoms with Crippen LogP contribution < -0.4 is 5.32 Å². The minimum Gasteiger partial charge on any atom is -0.391 e. The normalized spacial score (nSPS) is 19.4. The second-order valence-corrected chi connectivity index (χ2v) is 5.94. The van der Waals surface area contributed by atoms with E-state index in [2.05, 4.69) is 41.2 Å². The predicted molar refractivity (Wildman–Crippen MR) is 91.5 cm³/mol. The molecule has 6 heteroatoms. The van der Waals surface area contributed by atoms with Gasteiger partial charge in [-0.3, -0.25) is 0 Å². The topological polar surface area (TPSA) is 47.9 Å². The highest BCUT2D eigenvalue weighted by atomic mass is 127. The molecule has 1 saturated heterocycles. The molecule has 1 atom stereocenters. The number of halogens is 1. The maximum Gasteiger partial charge on any atom is 0.194 e. The minimum absolute atomic E-state index is 0. The SMILES string of the molecule is CCNC(=NCc1ccc(C)s1)N1CC[C@@H](O)C1.I. The van der Waals surface area contributed by atoms with Crippen LogP contribution in [0.15, 0.2) is 17.1 Å². The molecule has 2 rings (SSSR count). The van der Waals surface area contributed by atoms with Gasteiger partial charge in [0.05, 0.1) is 12.6 Å². The van der Waals surface area contributed by atoms with Crippen molar-refractivity contribution in [3.63, 3.8) is 0 Å². The lowest BCUT2D eigenvalue weighted by Crippen LogP contribution is -2.40. The van der Waals surface area contributed by atoms with Gasteiger partial charge in [-0.2, -0.15) is 0 Å². The Bertz CT molecular complexity index is 422. The number of aryl methyl sites for hydroxylation is 1. The smallest absolute Gasteiger partial charge is 0.194 e. The van der Waals surface area contributed by atoms with Gasteiger partial charge >= 0.3 is 0 Å². The van der Waals surface area contributed by atoms with Crippen LogP contribution in [0.3, 0.4) is 0 Å². The number of aliphatic hydroxyl groups is 1. The van der Waals surface area contributed by atoms with E-state index >= 15 is 0 Å². The molecule has 19 heavy (non-hydrogen) atoms. The lowest BCUT2D eigenvalue weighted by molar-refractivity contribution is 0.188. The van der Waals surface area contributed by atoms with Gasteiger partial charge in [-0.25, -0.2) is 4.99 Å². The Hall–Kier alpha value is -0.340. The predicted octanol–water partition coefficient (Wildman–Crippen LogP) is 2.21. The quantitative estimate of drug-likeness (QED) is 0.469. The summed E-state index contributed by atoms with van der Waals surface area (Å²) >= 11 is 1.79. The summed E-state index contributed by atoms with van der Waals surface area (Å²) in [6.45, 7) is 7.32. The molecule has 1 aliphatic heterocycles. The van der Waals surface area contributed by atoms with E-state index in [9.17, 15) is 5.11 Å². The Kier molecular flexibility index (Phi) is 7.09. The zero-order chi connectivity index (χ0) is 13.0. The second kappa shape index (κ2) is 8.06. The van der Waals surface area contributed by atoms with Crippen LogP contribution in [0.5, 0.6) is 0 Å². The molecule has 0 radical (unpaired) electrons. The third-order valence-electron chi connectivity index (χ3n) is 2.98. The zero-order valence-corrected chi connectivity index (χ0v) is 14.6. The summed E-state index contributed by atoms with van der Waals surface area (Å²) in [5.41, 5.74) is 0. The monoisotopic (exact) mass is 395 g/mol. The van der Waals surface area contributed by atoms with Crippen molar-refractivity contribution >= 4 is 41.3 Å². The average Bonchev–Trinajstić information content (AvgIpc) is 2.94. The number of hydrogen-bond donors (Lipinski definition) is 2. The highest BCUT2D eigenvalue weighted by Gasteiger charge is 2.22. The third kappa shape index (κ3) is 4.92. The van der Waals surface area contributed by atoms with Gasteiger partial charge in [0.1, 0.15) is 0 Å². The van der Waals surface area contributed by atoms with Crippen molar-refractivity contribution in [2.45, 2.75) is 32.9 Å². The molecule has 0 aliphatic carbocycles. The number of rotatable bonds is 3. The van der Waals surface area contributed by atoms with Crippen molar-refractivity contribution in [3.8, 4) is 0 Å². The largest absolute Gasteiger partial charge is 0.391 e. The van der Waals surface area contributed by atoms with Gasteiger partial charge in [-0.05, 0) is 32.4 Å². The molecule has 0 saturated carbocycles. The number of hydrogen-bond acceptors (Lipinski definition) is 3. The van der Waals surface area contributed by atoms with Crippen molar-refractivity contribution in [3.05, 3.63) is 21.9 Å². The van der Waals surface area contributed by atoms with Crippen LogP contribution in [0.1, 0.15) is 23.1 Å². The Balaban J connectivity index is 0.00000180. The zero-order valence-electron chi connectivity index (χ0n) is 11.4. The molecule has 0 aromatic carbocycles. The average molecular weight is 395 g/mol. The molecule has 1 aromatic rings. The van der Waals surface area contributed by atoms with E-state index < -0.39 is 0 Å². The number of aliphatic imine (C=N–C) groups is 1. The Labute approximate surface area is 135 Å². The first-order valence-corrected chi connectivity index (χ1v) is 7.27. The lowest BCUT2D eigenvalue weighted by atomic mass is 10.3. The summed E-state index contributed by atoms with van der Waals surface area (Å²) < 4.78 is 0. The second-order valence-electron chi connectivity index (χ2n) is 4.57. The fraction of sp³-hybridized carbons (Fsp3) is 0.615. The molecule has 1 fully saturated rings. The van der Waals surface area contributed by atoms with Crippen molar-refractivity contribution in [2.24, 2.45) is 4.99 Å². The van der Waals surface area contributed by atoms with Gasteiger partial charge < -0.3 is 15.3 Å². The summed E-state index contributed by atoms with van der Waals surface area (Å²) in [5, 5.41) is 12.9. The van der Waals surface area contributed by atoms with Crippen molar-refractivity contribution in [2.75, 3.05) is 19.6 Å². The molecule has 2 N–H and O–H groups in total. The highest BCUT2D eigenvalue weighted by Crippen LogP contribution is 2.16. The maximum atomic E-state index is 9.58. The van der Waals surface area contributed by atoms with E-state index in [1.54, 1.807) is 11.3 Å². The van der Waals surface area contributed by atoms with Crippen LogP contribution in [0.25, 0.3) is 0 Å². The van der Waals surface area contributed by atoms with Crippen LogP contribution in [-0.4, -0.2) is 41.7 Å². The summed E-state index contributed by atoms with van der Waals surface area (Å²) in [6.07, 6.45) is 0.626. The first-order valence-electron chi connectivity index (χ1n) is 6.45. The fourth-order valence-electron chi connectivity index (χ4n) is 2.08. The van der Waals surface area contributed by atoms with Gasteiger partial charge in [0.25, 0.3) is 0 Å². The number of aliphatic hydroxyl groups excluding tert-OH is 1. The first-order chi connectivity index (χ1) is 8.69. The van der Waals surface area contributed by atoms with Gasteiger partial charge in [0.15, 0.2) is 5.96 Å². The Morgan fingerprint density at radius 1 is 1.58 bits per heavy atom. The maximum absolute atomic E-state index is 9.58. The molecule has 1 aromatic heterocycles. The molecule has 0 amide bonds. The van der Waals surface area contributed by atoms with E-state index in [1.165, 1.54) is 9.75 Å². The van der Waals surface area contributed by atoms with Crippen LogP contribution >= 0.6 is 35.3 Å². The van der Waals surface area contributed by atoms with Gasteiger partial charge in [0, 0.05) is 29.4 Å². The number of thiophene rings is 1. The molecule has 1 aliphatic rings. The third-order valence-corrected chi connectivity index (χ3v) is 3.96. The summed E-state index contributed by atoms with van der Waals surface area (Å²) in [4.78, 5) is 9.38. The van der Waals surface area contributed by atoms with Gasteiger partial charge in [-0.1, -0.05) is 0 Å². The molecule has 0 unspecified atom stereocenters. The minimum atomic E-state index is -0.210. The summed E-state index contributed by atoms with van der Waals surface area (Å²) in [7, 11) is 0. The summed E-state index contributed by atoms with van der Waals surface area (Å²) in [6, 6.07) is 4.26. The molecule has 4 nitrogen and oxygen atoms in total. The van der Waals surface area contributed by atoms with E-state index in [1.807, 2.05) is 0 Å². The van der Waals surface area contributed by atoms with E-state index in [0.717, 1.165) is 25.5 Å². The number of nitrogens with zero attached hydrogens (tertiary/aromatic N) is 2. The lowest BCUT2D eigenvalue weighted by Gasteiger charge is -2.20. The van der Waals surface area contributed by atoms with Gasteiger partial charge in [-0.15, -0.1) is 35.3 Å². The number of nitrogens with one attached hydrogen (secondary N) is 1. The number of guanidine groups is 1. The number of likely N-dealkylation sites (tertiary alicyclic amines) is 1.